The van der Waals surface area contributed by atoms with E-state index in [2.05, 4.69) is 0 Å². The highest BCUT2D eigenvalue weighted by atomic mass is 35.5. The highest BCUT2D eigenvalue weighted by molar-refractivity contribution is 6.42. The van der Waals surface area contributed by atoms with Crippen LogP contribution in [0.25, 0.3) is 0 Å². The Hall–Kier alpha value is -2.21. The van der Waals surface area contributed by atoms with Crippen molar-refractivity contribution >= 4 is 52.4 Å². The van der Waals surface area contributed by atoms with Crippen LogP contribution in [-0.4, -0.2) is 23.6 Å². The van der Waals surface area contributed by atoms with Crippen LogP contribution in [0.15, 0.2) is 53.8 Å². The fourth-order valence-corrected chi connectivity index (χ4v) is 3.45. The number of nitrogens with zero attached hydrogens (tertiary/aromatic N) is 1. The van der Waals surface area contributed by atoms with Crippen LogP contribution in [0, 0.1) is 0 Å². The van der Waals surface area contributed by atoms with Crippen LogP contribution in [0.2, 0.25) is 15.1 Å². The van der Waals surface area contributed by atoms with Gasteiger partial charge in [0.15, 0.2) is 5.76 Å². The first-order valence-electron chi connectivity index (χ1n) is 8.00. The van der Waals surface area contributed by atoms with E-state index in [1.165, 1.54) is 4.90 Å². The number of esters is 1. The smallest absolute Gasteiger partial charge is 0.340 e. The molecule has 0 radical (unpaired) electrons. The molecule has 140 valence electrons. The van der Waals surface area contributed by atoms with Crippen LogP contribution in [0.3, 0.4) is 0 Å². The van der Waals surface area contributed by atoms with Crippen molar-refractivity contribution in [1.29, 1.82) is 0 Å². The van der Waals surface area contributed by atoms with Gasteiger partial charge in [-0.25, -0.2) is 4.79 Å². The molecule has 8 heteroatoms. The summed E-state index contributed by atoms with van der Waals surface area (Å²) in [5, 5.41) is 11.3. The van der Waals surface area contributed by atoms with E-state index in [1.807, 2.05) is 0 Å². The maximum Gasteiger partial charge on any atom is 0.340 e. The van der Waals surface area contributed by atoms with Crippen molar-refractivity contribution < 1.29 is 19.4 Å². The zero-order chi connectivity index (χ0) is 19.7. The van der Waals surface area contributed by atoms with E-state index in [0.717, 1.165) is 0 Å². The van der Waals surface area contributed by atoms with Crippen LogP contribution >= 0.6 is 34.8 Å². The Bertz CT molecular complexity index is 940. The van der Waals surface area contributed by atoms with E-state index in [4.69, 9.17) is 39.5 Å². The molecular weight excluding hydrogens is 413 g/mol. The molecule has 1 aliphatic rings. The van der Waals surface area contributed by atoms with Crippen molar-refractivity contribution in [3.63, 3.8) is 0 Å². The minimum atomic E-state index is -0.996. The molecule has 0 aromatic heterocycles. The van der Waals surface area contributed by atoms with Gasteiger partial charge in [0.1, 0.15) is 11.6 Å². The number of hydrogen-bond donors (Lipinski definition) is 1. The molecule has 1 unspecified atom stereocenters. The normalized spacial score (nSPS) is 16.8. The monoisotopic (exact) mass is 425 g/mol. The molecule has 1 amide bonds. The van der Waals surface area contributed by atoms with Gasteiger partial charge in [-0.3, -0.25) is 9.69 Å². The van der Waals surface area contributed by atoms with Gasteiger partial charge in [0, 0.05) is 16.3 Å². The summed E-state index contributed by atoms with van der Waals surface area (Å²) in [6, 6.07) is 10.3. The first-order chi connectivity index (χ1) is 12.9. The van der Waals surface area contributed by atoms with E-state index >= 15 is 0 Å². The molecule has 0 bridgehead atoms. The van der Waals surface area contributed by atoms with Crippen LogP contribution in [0.1, 0.15) is 18.5 Å². The number of aliphatic hydroxyl groups is 1. The van der Waals surface area contributed by atoms with Crippen molar-refractivity contribution in [2.45, 2.75) is 13.0 Å². The molecule has 0 fully saturated rings. The lowest BCUT2D eigenvalue weighted by molar-refractivity contribution is -0.139. The SMILES string of the molecule is CCOC(=O)C1=C(O)C(=O)N(c2ccc(Cl)cc2)C1c1cccc(Cl)c1Cl. The number of halogens is 3. The molecule has 27 heavy (non-hydrogen) atoms. The molecule has 5 nitrogen and oxygen atoms in total. The third-order valence-corrected chi connectivity index (χ3v) is 5.17. The van der Waals surface area contributed by atoms with Crippen molar-refractivity contribution in [3.05, 3.63) is 74.4 Å². The van der Waals surface area contributed by atoms with Gasteiger partial charge < -0.3 is 9.84 Å². The van der Waals surface area contributed by atoms with Crippen LogP contribution in [0.4, 0.5) is 5.69 Å². The maximum absolute atomic E-state index is 12.8. The van der Waals surface area contributed by atoms with Gasteiger partial charge in [0.2, 0.25) is 0 Å². The number of anilines is 1. The fourth-order valence-electron chi connectivity index (χ4n) is 2.92. The van der Waals surface area contributed by atoms with Crippen LogP contribution < -0.4 is 4.90 Å². The van der Waals surface area contributed by atoms with Gasteiger partial charge in [0.25, 0.3) is 5.91 Å². The zero-order valence-corrected chi connectivity index (χ0v) is 16.3. The first-order valence-corrected chi connectivity index (χ1v) is 9.13. The summed E-state index contributed by atoms with van der Waals surface area (Å²) in [5.41, 5.74) is 0.622. The summed E-state index contributed by atoms with van der Waals surface area (Å²) in [6.45, 7) is 1.71. The largest absolute Gasteiger partial charge is 0.503 e. The Morgan fingerprint density at radius 3 is 2.44 bits per heavy atom. The number of hydrogen-bond acceptors (Lipinski definition) is 4. The summed E-state index contributed by atoms with van der Waals surface area (Å²) < 4.78 is 5.04. The van der Waals surface area contributed by atoms with E-state index in [1.54, 1.807) is 49.4 Å². The minimum Gasteiger partial charge on any atom is -0.503 e. The number of carbonyl (C=O) groups is 2. The highest BCUT2D eigenvalue weighted by Crippen LogP contribution is 2.44. The van der Waals surface area contributed by atoms with Crippen molar-refractivity contribution in [2.24, 2.45) is 0 Å². The molecule has 1 aliphatic heterocycles. The Kier molecular flexibility index (Phi) is 5.65. The number of amides is 1. The Morgan fingerprint density at radius 2 is 1.81 bits per heavy atom. The maximum atomic E-state index is 12.8. The van der Waals surface area contributed by atoms with Crippen molar-refractivity contribution in [2.75, 3.05) is 11.5 Å². The van der Waals surface area contributed by atoms with Crippen LogP contribution in [0.5, 0.6) is 0 Å². The molecule has 2 aromatic rings. The van der Waals surface area contributed by atoms with E-state index in [-0.39, 0.29) is 22.2 Å². The molecule has 3 rings (SSSR count). The average molecular weight is 427 g/mol. The quantitative estimate of drug-likeness (QED) is 0.690. The van der Waals surface area contributed by atoms with E-state index in [0.29, 0.717) is 16.3 Å². The Balaban J connectivity index is 2.21. The molecule has 0 saturated carbocycles. The Morgan fingerprint density at radius 1 is 1.15 bits per heavy atom. The molecule has 0 spiro atoms. The summed E-state index contributed by atoms with van der Waals surface area (Å²) in [7, 11) is 0. The molecule has 0 aliphatic carbocycles. The highest BCUT2D eigenvalue weighted by Gasteiger charge is 2.46. The third kappa shape index (κ3) is 3.50. The molecule has 0 saturated heterocycles. The van der Waals surface area contributed by atoms with Crippen molar-refractivity contribution in [1.82, 2.24) is 0 Å². The number of aliphatic hydroxyl groups excluding tert-OH is 1. The molecule has 1 atom stereocenters. The predicted molar refractivity (Wildman–Crippen MR) is 104 cm³/mol. The second kappa shape index (κ2) is 7.80. The zero-order valence-electron chi connectivity index (χ0n) is 14.1. The lowest BCUT2D eigenvalue weighted by atomic mass is 9.98. The molecular formula is C19H14Cl3NO4. The second-order valence-corrected chi connectivity index (χ2v) is 6.90. The second-order valence-electron chi connectivity index (χ2n) is 5.68. The number of carbonyl (C=O) groups excluding carboxylic acids is 2. The summed E-state index contributed by atoms with van der Waals surface area (Å²) in [4.78, 5) is 26.5. The topological polar surface area (TPSA) is 66.8 Å². The Labute approximate surface area is 170 Å². The first kappa shape index (κ1) is 19.5. The summed E-state index contributed by atoms with van der Waals surface area (Å²) in [5.74, 6) is -2.24. The number of rotatable bonds is 4. The van der Waals surface area contributed by atoms with Gasteiger partial charge >= 0.3 is 5.97 Å². The van der Waals surface area contributed by atoms with E-state index in [9.17, 15) is 14.7 Å². The summed E-state index contributed by atoms with van der Waals surface area (Å²) >= 11 is 18.4. The van der Waals surface area contributed by atoms with Gasteiger partial charge in [-0.2, -0.15) is 0 Å². The average Bonchev–Trinajstić information content (AvgIpc) is 2.90. The number of ether oxygens (including phenoxy) is 1. The van der Waals surface area contributed by atoms with Crippen molar-refractivity contribution in [3.8, 4) is 0 Å². The van der Waals surface area contributed by atoms with E-state index < -0.39 is 23.7 Å². The van der Waals surface area contributed by atoms with Gasteiger partial charge in [-0.05, 0) is 37.3 Å². The standard InChI is InChI=1S/C19H14Cl3NO4/c1-2-27-19(26)14-16(12-4-3-5-13(21)15(12)22)23(18(25)17(14)24)11-8-6-10(20)7-9-11/h3-9,16,24H,2H2,1H3. The lowest BCUT2D eigenvalue weighted by Crippen LogP contribution is -2.31. The predicted octanol–water partition coefficient (Wildman–Crippen LogP) is 5.11. The van der Waals surface area contributed by atoms with Gasteiger partial charge in [-0.15, -0.1) is 0 Å². The molecule has 2 aromatic carbocycles. The summed E-state index contributed by atoms with van der Waals surface area (Å²) in [6.07, 6.45) is 0. The van der Waals surface area contributed by atoms with Crippen LogP contribution in [-0.2, 0) is 14.3 Å². The third-order valence-electron chi connectivity index (χ3n) is 4.08. The number of benzene rings is 2. The molecule has 1 N–H and O–H groups in total. The minimum absolute atomic E-state index is 0.0841. The van der Waals surface area contributed by atoms with Gasteiger partial charge in [-0.1, -0.05) is 46.9 Å². The lowest BCUT2D eigenvalue weighted by Gasteiger charge is -2.27. The van der Waals surface area contributed by atoms with Gasteiger partial charge in [0.05, 0.1) is 16.7 Å². The molecule has 1 heterocycles. The fraction of sp³-hybridized carbons (Fsp3) is 0.158.